The molecule has 5 rings (SSSR count). The van der Waals surface area contributed by atoms with Crippen LogP contribution in [-0.2, 0) is 19.7 Å². The van der Waals surface area contributed by atoms with Gasteiger partial charge in [0.05, 0.1) is 12.5 Å². The maximum atomic E-state index is 12.5. The van der Waals surface area contributed by atoms with Gasteiger partial charge in [-0.2, -0.15) is 0 Å². The van der Waals surface area contributed by atoms with Gasteiger partial charge >= 0.3 is 12.1 Å². The number of nitrogens with zero attached hydrogens (tertiary/aromatic N) is 1. The minimum absolute atomic E-state index is 0.171. The largest absolute Gasteiger partial charge is 0.468 e. The molecule has 7 heteroatoms. The summed E-state index contributed by atoms with van der Waals surface area (Å²) in [5.74, 6) is 0.494. The van der Waals surface area contributed by atoms with Gasteiger partial charge in [-0.3, -0.25) is 10.1 Å². The van der Waals surface area contributed by atoms with E-state index in [0.717, 1.165) is 40.7 Å². The highest BCUT2D eigenvalue weighted by molar-refractivity contribution is 5.88. The Morgan fingerprint density at radius 3 is 2.11 bits per heavy atom. The quantitative estimate of drug-likeness (QED) is 0.282. The predicted molar refractivity (Wildman–Crippen MR) is 140 cm³/mol. The molecule has 1 amide bonds. The minimum atomic E-state index is -0.620. The molecule has 4 aromatic rings. The van der Waals surface area contributed by atoms with Crippen molar-refractivity contribution in [3.05, 3.63) is 95.9 Å². The number of anilines is 1. The van der Waals surface area contributed by atoms with Gasteiger partial charge in [-0.25, -0.2) is 9.78 Å². The van der Waals surface area contributed by atoms with E-state index >= 15 is 0 Å². The fourth-order valence-electron chi connectivity index (χ4n) is 4.52. The van der Waals surface area contributed by atoms with Crippen LogP contribution in [0.15, 0.2) is 83.3 Å². The van der Waals surface area contributed by atoms with Gasteiger partial charge in [-0.05, 0) is 42.0 Å². The Bertz CT molecular complexity index is 1400. The average Bonchev–Trinajstić information content (AvgIpc) is 3.66. The molecule has 1 atom stereocenters. The number of oxazole rings is 1. The van der Waals surface area contributed by atoms with Gasteiger partial charge in [0.2, 0.25) is 5.88 Å². The second kappa shape index (κ2) is 9.93. The molecule has 7 nitrogen and oxygen atoms in total. The highest BCUT2D eigenvalue weighted by Gasteiger charge is 2.52. The Morgan fingerprint density at radius 2 is 1.51 bits per heavy atom. The number of hydrogen-bond acceptors (Lipinski definition) is 6. The number of amides is 1. The minimum Gasteiger partial charge on any atom is -0.468 e. The van der Waals surface area contributed by atoms with Gasteiger partial charge < -0.3 is 13.9 Å². The normalized spacial score (nSPS) is 14.5. The van der Waals surface area contributed by atoms with Crippen LogP contribution in [0.3, 0.4) is 0 Å². The number of aromatic nitrogens is 1. The summed E-state index contributed by atoms with van der Waals surface area (Å²) in [6, 6.07) is 25.4. The molecule has 0 bridgehead atoms. The number of hydrogen-bond donors (Lipinski definition) is 1. The molecule has 37 heavy (non-hydrogen) atoms. The van der Waals surface area contributed by atoms with Crippen LogP contribution in [0.2, 0.25) is 0 Å². The summed E-state index contributed by atoms with van der Waals surface area (Å²) in [5, 5.41) is 2.69. The van der Waals surface area contributed by atoms with Crippen molar-refractivity contribution < 1.29 is 23.5 Å². The van der Waals surface area contributed by atoms with Gasteiger partial charge in [0, 0.05) is 12.5 Å². The maximum absolute atomic E-state index is 12.5. The lowest BCUT2D eigenvalue weighted by molar-refractivity contribution is -0.143. The third kappa shape index (κ3) is 4.98. The van der Waals surface area contributed by atoms with Gasteiger partial charge in [0.25, 0.3) is 0 Å². The van der Waals surface area contributed by atoms with Crippen molar-refractivity contribution in [3.63, 3.8) is 0 Å². The Morgan fingerprint density at radius 1 is 0.919 bits per heavy atom. The SMILES string of the molecule is COC(=O)C1(c2ccc(-c3ccc(-c4nc(C)oc4NC(=O)O[C@H](C)c4ccccc4)cc3)cc2)CC1. The number of rotatable bonds is 7. The molecule has 1 saturated carbocycles. The lowest BCUT2D eigenvalue weighted by atomic mass is 9.93. The molecule has 0 unspecified atom stereocenters. The number of carbonyl (C=O) groups excluding carboxylic acids is 2. The number of methoxy groups -OCH3 is 1. The van der Waals surface area contributed by atoms with E-state index in [1.165, 1.54) is 7.11 Å². The molecule has 1 heterocycles. The van der Waals surface area contributed by atoms with E-state index in [9.17, 15) is 9.59 Å². The zero-order valence-corrected chi connectivity index (χ0v) is 21.0. The predicted octanol–water partition coefficient (Wildman–Crippen LogP) is 6.83. The van der Waals surface area contributed by atoms with Crippen LogP contribution in [-0.4, -0.2) is 24.2 Å². The van der Waals surface area contributed by atoms with E-state index in [2.05, 4.69) is 10.3 Å². The summed E-state index contributed by atoms with van der Waals surface area (Å²) >= 11 is 0. The molecular weight excluding hydrogens is 468 g/mol. The van der Waals surface area contributed by atoms with Gasteiger partial charge in [-0.1, -0.05) is 78.9 Å². The first-order chi connectivity index (χ1) is 17.9. The Balaban J connectivity index is 1.29. The van der Waals surface area contributed by atoms with E-state index in [1.807, 2.05) is 85.8 Å². The van der Waals surface area contributed by atoms with Crippen molar-refractivity contribution >= 4 is 17.9 Å². The van der Waals surface area contributed by atoms with Crippen molar-refractivity contribution in [2.45, 2.75) is 38.2 Å². The molecule has 188 valence electrons. The molecule has 0 radical (unpaired) electrons. The molecule has 1 N–H and O–H groups in total. The topological polar surface area (TPSA) is 90.7 Å². The number of esters is 1. The molecule has 3 aromatic carbocycles. The van der Waals surface area contributed by atoms with Crippen LogP contribution < -0.4 is 5.32 Å². The molecule has 0 saturated heterocycles. The van der Waals surface area contributed by atoms with Crippen LogP contribution in [0.25, 0.3) is 22.4 Å². The number of nitrogens with one attached hydrogen (secondary N) is 1. The second-order valence-corrected chi connectivity index (χ2v) is 9.22. The van der Waals surface area contributed by atoms with Gasteiger partial charge in [0.1, 0.15) is 11.8 Å². The Labute approximate surface area is 215 Å². The second-order valence-electron chi connectivity index (χ2n) is 9.22. The zero-order chi connectivity index (χ0) is 26.0. The van der Waals surface area contributed by atoms with Gasteiger partial charge in [0.15, 0.2) is 5.89 Å². The summed E-state index contributed by atoms with van der Waals surface area (Å²) in [4.78, 5) is 29.2. The number of benzene rings is 3. The molecule has 0 spiro atoms. The molecule has 1 fully saturated rings. The molecule has 1 aromatic heterocycles. The van der Waals surface area contributed by atoms with Crippen LogP contribution in [0.1, 0.15) is 42.9 Å². The van der Waals surface area contributed by atoms with Crippen molar-refractivity contribution in [1.29, 1.82) is 0 Å². The van der Waals surface area contributed by atoms with Crippen LogP contribution in [0, 0.1) is 6.92 Å². The van der Waals surface area contributed by atoms with Crippen molar-refractivity contribution in [2.24, 2.45) is 0 Å². The monoisotopic (exact) mass is 496 g/mol. The van der Waals surface area contributed by atoms with Crippen LogP contribution in [0.5, 0.6) is 0 Å². The Kier molecular flexibility index (Phi) is 6.53. The third-order valence-corrected chi connectivity index (χ3v) is 6.76. The standard InChI is InChI=1S/C30H28N2O5/c1-19(21-7-5-4-6-8-21)36-29(34)32-27-26(31-20(2)37-27)24-11-9-22(10-12-24)23-13-15-25(16-14-23)30(17-18-30)28(33)35-3/h4-16,19H,17-18H2,1-3H3,(H,32,34)/t19-/m1/s1. The van der Waals surface area contributed by atoms with E-state index in [1.54, 1.807) is 6.92 Å². The molecular formula is C30H28N2O5. The average molecular weight is 497 g/mol. The summed E-state index contributed by atoms with van der Waals surface area (Å²) in [5.41, 5.74) is 4.78. The van der Waals surface area contributed by atoms with Gasteiger partial charge in [-0.15, -0.1) is 0 Å². The summed E-state index contributed by atoms with van der Waals surface area (Å²) in [6.07, 6.45) is 0.604. The van der Waals surface area contributed by atoms with Crippen LogP contribution in [0.4, 0.5) is 10.7 Å². The number of carbonyl (C=O) groups is 2. The first-order valence-corrected chi connectivity index (χ1v) is 12.2. The smallest absolute Gasteiger partial charge is 0.414 e. The highest BCUT2D eigenvalue weighted by atomic mass is 16.6. The highest BCUT2D eigenvalue weighted by Crippen LogP contribution is 2.49. The number of ether oxygens (including phenoxy) is 2. The van der Waals surface area contributed by atoms with E-state index in [4.69, 9.17) is 13.9 Å². The summed E-state index contributed by atoms with van der Waals surface area (Å²) < 4.78 is 16.2. The van der Waals surface area contributed by atoms with Crippen LogP contribution >= 0.6 is 0 Å². The van der Waals surface area contributed by atoms with Crippen molar-refractivity contribution in [3.8, 4) is 22.4 Å². The molecule has 1 aliphatic rings. The first-order valence-electron chi connectivity index (χ1n) is 12.2. The lowest BCUT2D eigenvalue weighted by Crippen LogP contribution is -2.21. The van der Waals surface area contributed by atoms with E-state index < -0.39 is 17.6 Å². The summed E-state index contributed by atoms with van der Waals surface area (Å²) in [7, 11) is 1.43. The molecule has 1 aliphatic carbocycles. The van der Waals surface area contributed by atoms with Crippen molar-refractivity contribution in [1.82, 2.24) is 4.98 Å². The lowest BCUT2D eigenvalue weighted by Gasteiger charge is -2.14. The third-order valence-electron chi connectivity index (χ3n) is 6.76. The fraction of sp³-hybridized carbons (Fsp3) is 0.233. The van der Waals surface area contributed by atoms with Crippen molar-refractivity contribution in [2.75, 3.05) is 12.4 Å². The number of aryl methyl sites for hydroxylation is 1. The van der Waals surface area contributed by atoms with E-state index in [-0.39, 0.29) is 11.9 Å². The first kappa shape index (κ1) is 24.3. The Hall–Kier alpha value is -4.39. The summed E-state index contributed by atoms with van der Waals surface area (Å²) in [6.45, 7) is 3.54. The zero-order valence-electron chi connectivity index (χ0n) is 21.0. The van der Waals surface area contributed by atoms with E-state index in [0.29, 0.717) is 11.6 Å². The maximum Gasteiger partial charge on any atom is 0.414 e. The molecule has 0 aliphatic heterocycles. The fourth-order valence-corrected chi connectivity index (χ4v) is 4.52.